The summed E-state index contributed by atoms with van der Waals surface area (Å²) >= 11 is 0. The summed E-state index contributed by atoms with van der Waals surface area (Å²) < 4.78 is 0. The molecule has 0 aliphatic carbocycles. The Bertz CT molecular complexity index is 439. The molecule has 1 N–H and O–H groups in total. The van der Waals surface area contributed by atoms with Crippen LogP contribution in [0.4, 0.5) is 0 Å². The van der Waals surface area contributed by atoms with Crippen LogP contribution in [0.2, 0.25) is 0 Å². The molecule has 3 heteroatoms. The van der Waals surface area contributed by atoms with Crippen molar-refractivity contribution >= 4 is 5.91 Å². The molecule has 0 radical (unpaired) electrons. The van der Waals surface area contributed by atoms with E-state index in [9.17, 15) is 4.79 Å². The molecule has 1 saturated heterocycles. The van der Waals surface area contributed by atoms with E-state index in [-0.39, 0.29) is 5.91 Å². The zero-order chi connectivity index (χ0) is 14.5. The minimum atomic E-state index is 0.245. The van der Waals surface area contributed by atoms with Gasteiger partial charge in [0.15, 0.2) is 0 Å². The topological polar surface area (TPSA) is 32.3 Å². The van der Waals surface area contributed by atoms with Crippen molar-refractivity contribution in [3.63, 3.8) is 0 Å². The van der Waals surface area contributed by atoms with Gasteiger partial charge in [-0.1, -0.05) is 38.1 Å². The number of hydrogen-bond acceptors (Lipinski definition) is 2. The van der Waals surface area contributed by atoms with Crippen molar-refractivity contribution in [3.05, 3.63) is 35.4 Å². The van der Waals surface area contributed by atoms with Crippen LogP contribution in [0.15, 0.2) is 24.3 Å². The first-order valence-electron chi connectivity index (χ1n) is 7.63. The SMILES string of the molecule is CC(C)Cc1ccc(CC(=O)N2CCNC(C)C2)cc1. The van der Waals surface area contributed by atoms with Crippen LogP contribution in [0.3, 0.4) is 0 Å². The molecule has 1 aliphatic heterocycles. The second-order valence-corrected chi connectivity index (χ2v) is 6.29. The molecular formula is C17H26N2O. The summed E-state index contributed by atoms with van der Waals surface area (Å²) in [6.07, 6.45) is 1.62. The van der Waals surface area contributed by atoms with Crippen molar-refractivity contribution in [2.24, 2.45) is 5.92 Å². The van der Waals surface area contributed by atoms with Gasteiger partial charge in [0.25, 0.3) is 0 Å². The summed E-state index contributed by atoms with van der Waals surface area (Å²) in [5.74, 6) is 0.916. The van der Waals surface area contributed by atoms with E-state index in [1.54, 1.807) is 0 Å². The lowest BCUT2D eigenvalue weighted by Gasteiger charge is -2.32. The quantitative estimate of drug-likeness (QED) is 0.913. The molecule has 1 fully saturated rings. The smallest absolute Gasteiger partial charge is 0.227 e. The van der Waals surface area contributed by atoms with E-state index in [2.05, 4.69) is 50.4 Å². The number of benzene rings is 1. The Labute approximate surface area is 122 Å². The predicted octanol–water partition coefficient (Wildman–Crippen LogP) is 2.25. The fourth-order valence-corrected chi connectivity index (χ4v) is 2.71. The Kier molecular flexibility index (Phi) is 5.18. The molecule has 1 aromatic rings. The number of carbonyl (C=O) groups is 1. The van der Waals surface area contributed by atoms with E-state index in [0.29, 0.717) is 18.4 Å². The molecular weight excluding hydrogens is 248 g/mol. The molecule has 0 spiro atoms. The van der Waals surface area contributed by atoms with Gasteiger partial charge in [-0.3, -0.25) is 4.79 Å². The molecule has 20 heavy (non-hydrogen) atoms. The van der Waals surface area contributed by atoms with Crippen molar-refractivity contribution in [2.75, 3.05) is 19.6 Å². The molecule has 1 heterocycles. The summed E-state index contributed by atoms with van der Waals surface area (Å²) in [6.45, 7) is 9.13. The summed E-state index contributed by atoms with van der Waals surface area (Å²) in [7, 11) is 0. The maximum Gasteiger partial charge on any atom is 0.227 e. The van der Waals surface area contributed by atoms with Gasteiger partial charge in [0.1, 0.15) is 0 Å². The lowest BCUT2D eigenvalue weighted by Crippen LogP contribution is -2.51. The minimum absolute atomic E-state index is 0.245. The van der Waals surface area contributed by atoms with E-state index < -0.39 is 0 Å². The number of piperazine rings is 1. The monoisotopic (exact) mass is 274 g/mol. The van der Waals surface area contributed by atoms with E-state index in [1.165, 1.54) is 5.56 Å². The third-order valence-electron chi connectivity index (χ3n) is 3.74. The molecule has 0 aromatic heterocycles. The number of nitrogens with zero attached hydrogens (tertiary/aromatic N) is 1. The molecule has 0 bridgehead atoms. The van der Waals surface area contributed by atoms with Crippen molar-refractivity contribution in [3.8, 4) is 0 Å². The average molecular weight is 274 g/mol. The third-order valence-corrected chi connectivity index (χ3v) is 3.74. The molecule has 1 aromatic carbocycles. The van der Waals surface area contributed by atoms with Crippen molar-refractivity contribution < 1.29 is 4.79 Å². The zero-order valence-corrected chi connectivity index (χ0v) is 12.9. The Morgan fingerprint density at radius 1 is 1.30 bits per heavy atom. The van der Waals surface area contributed by atoms with Crippen LogP contribution in [0.1, 0.15) is 31.9 Å². The van der Waals surface area contributed by atoms with Gasteiger partial charge in [0.05, 0.1) is 6.42 Å². The first-order valence-corrected chi connectivity index (χ1v) is 7.63. The third kappa shape index (κ3) is 4.34. The summed E-state index contributed by atoms with van der Waals surface area (Å²) in [4.78, 5) is 14.2. The van der Waals surface area contributed by atoms with Crippen molar-refractivity contribution in [2.45, 2.75) is 39.7 Å². The van der Waals surface area contributed by atoms with Crippen molar-refractivity contribution in [1.82, 2.24) is 10.2 Å². The van der Waals surface area contributed by atoms with Gasteiger partial charge in [-0.2, -0.15) is 0 Å². The van der Waals surface area contributed by atoms with Crippen molar-refractivity contribution in [1.29, 1.82) is 0 Å². The second-order valence-electron chi connectivity index (χ2n) is 6.29. The van der Waals surface area contributed by atoms with Crippen LogP contribution in [-0.4, -0.2) is 36.5 Å². The highest BCUT2D eigenvalue weighted by Gasteiger charge is 2.20. The summed E-state index contributed by atoms with van der Waals surface area (Å²) in [5, 5.41) is 3.36. The van der Waals surface area contributed by atoms with E-state index in [4.69, 9.17) is 0 Å². The van der Waals surface area contributed by atoms with Crippen LogP contribution in [-0.2, 0) is 17.6 Å². The molecule has 1 aliphatic rings. The molecule has 2 rings (SSSR count). The first-order chi connectivity index (χ1) is 9.54. The maximum atomic E-state index is 12.3. The molecule has 0 saturated carbocycles. The van der Waals surface area contributed by atoms with Gasteiger partial charge in [-0.25, -0.2) is 0 Å². The number of rotatable bonds is 4. The van der Waals surface area contributed by atoms with Crippen LogP contribution < -0.4 is 5.32 Å². The highest BCUT2D eigenvalue weighted by molar-refractivity contribution is 5.79. The fourth-order valence-electron chi connectivity index (χ4n) is 2.71. The Morgan fingerprint density at radius 2 is 1.95 bits per heavy atom. The normalized spacial score (nSPS) is 19.4. The van der Waals surface area contributed by atoms with Crippen LogP contribution in [0, 0.1) is 5.92 Å². The molecule has 1 unspecified atom stereocenters. The lowest BCUT2D eigenvalue weighted by atomic mass is 10.0. The fraction of sp³-hybridized carbons (Fsp3) is 0.588. The lowest BCUT2D eigenvalue weighted by molar-refractivity contribution is -0.131. The molecule has 3 nitrogen and oxygen atoms in total. The highest BCUT2D eigenvalue weighted by atomic mass is 16.2. The predicted molar refractivity (Wildman–Crippen MR) is 82.7 cm³/mol. The van der Waals surface area contributed by atoms with Crippen LogP contribution in [0.25, 0.3) is 0 Å². The van der Waals surface area contributed by atoms with E-state index >= 15 is 0 Å². The van der Waals surface area contributed by atoms with Gasteiger partial charge < -0.3 is 10.2 Å². The summed E-state index contributed by atoms with van der Waals surface area (Å²) in [6, 6.07) is 8.91. The second kappa shape index (κ2) is 6.89. The van der Waals surface area contributed by atoms with Gasteiger partial charge >= 0.3 is 0 Å². The zero-order valence-electron chi connectivity index (χ0n) is 12.9. The molecule has 1 amide bonds. The number of nitrogens with one attached hydrogen (secondary N) is 1. The van der Waals surface area contributed by atoms with E-state index in [1.807, 2.05) is 4.90 Å². The maximum absolute atomic E-state index is 12.3. The number of hydrogen-bond donors (Lipinski definition) is 1. The number of carbonyl (C=O) groups excluding carboxylic acids is 1. The van der Waals surface area contributed by atoms with Gasteiger partial charge in [0.2, 0.25) is 5.91 Å². The molecule has 1 atom stereocenters. The average Bonchev–Trinajstić information content (AvgIpc) is 2.40. The van der Waals surface area contributed by atoms with Gasteiger partial charge in [-0.15, -0.1) is 0 Å². The van der Waals surface area contributed by atoms with Crippen LogP contribution >= 0.6 is 0 Å². The van der Waals surface area contributed by atoms with Gasteiger partial charge in [-0.05, 0) is 30.4 Å². The largest absolute Gasteiger partial charge is 0.340 e. The van der Waals surface area contributed by atoms with Gasteiger partial charge in [0, 0.05) is 25.7 Å². The van der Waals surface area contributed by atoms with Crippen LogP contribution in [0.5, 0.6) is 0 Å². The standard InChI is InChI=1S/C17H26N2O/c1-13(2)10-15-4-6-16(7-5-15)11-17(20)19-9-8-18-14(3)12-19/h4-7,13-14,18H,8-12H2,1-3H3. The first kappa shape index (κ1) is 15.0. The summed E-state index contributed by atoms with van der Waals surface area (Å²) in [5.41, 5.74) is 2.47. The minimum Gasteiger partial charge on any atom is -0.340 e. The number of amides is 1. The Balaban J connectivity index is 1.90. The Hall–Kier alpha value is -1.35. The Morgan fingerprint density at radius 3 is 2.55 bits per heavy atom. The highest BCUT2D eigenvalue weighted by Crippen LogP contribution is 2.11. The van der Waals surface area contributed by atoms with E-state index in [0.717, 1.165) is 31.6 Å². The molecule has 110 valence electrons.